The average molecular weight is 433 g/mol. The number of hydrogen-bond donors (Lipinski definition) is 0. The quantitative estimate of drug-likeness (QED) is 0.330. The van der Waals surface area contributed by atoms with E-state index in [1.165, 1.54) is 12.2 Å². The lowest BCUT2D eigenvalue weighted by molar-refractivity contribution is -0.515. The largest absolute Gasteiger partial charge is 0.294 e. The Balaban J connectivity index is 2.41. The van der Waals surface area contributed by atoms with Gasteiger partial charge in [-0.05, 0) is 49.1 Å². The monoisotopic (exact) mass is 432 g/mol. The van der Waals surface area contributed by atoms with Crippen LogP contribution in [0.2, 0.25) is 5.02 Å². The Morgan fingerprint density at radius 1 is 1.03 bits per heavy atom. The van der Waals surface area contributed by atoms with Crippen molar-refractivity contribution in [2.45, 2.75) is 31.7 Å². The fraction of sp³-hybridized carbons (Fsp3) is 0.238. The highest BCUT2D eigenvalue weighted by Gasteiger charge is 2.51. The highest BCUT2D eigenvalue weighted by molar-refractivity contribution is 6.36. The number of nitro groups is 2. The van der Waals surface area contributed by atoms with Gasteiger partial charge in [-0.2, -0.15) is 0 Å². The second kappa shape index (κ2) is 7.61. The van der Waals surface area contributed by atoms with Gasteiger partial charge in [0.15, 0.2) is 4.87 Å². The molecule has 0 fully saturated rings. The molecule has 0 radical (unpaired) electrons. The zero-order valence-electron chi connectivity index (χ0n) is 16.0. The molecular formula is C21H18Cl2N2O4. The van der Waals surface area contributed by atoms with E-state index in [1.807, 2.05) is 18.2 Å². The van der Waals surface area contributed by atoms with Crippen molar-refractivity contribution in [2.24, 2.45) is 0 Å². The van der Waals surface area contributed by atoms with E-state index in [9.17, 15) is 20.2 Å². The number of benzene rings is 2. The third kappa shape index (κ3) is 3.43. The van der Waals surface area contributed by atoms with E-state index >= 15 is 0 Å². The molecule has 0 heterocycles. The highest BCUT2D eigenvalue weighted by atomic mass is 35.5. The van der Waals surface area contributed by atoms with Gasteiger partial charge in [0.25, 0.3) is 11.7 Å². The van der Waals surface area contributed by atoms with Crippen LogP contribution in [0.15, 0.2) is 54.1 Å². The number of rotatable bonds is 4. The second-order valence-electron chi connectivity index (χ2n) is 7.03. The van der Waals surface area contributed by atoms with Crippen molar-refractivity contribution >= 4 is 28.9 Å². The summed E-state index contributed by atoms with van der Waals surface area (Å²) in [5.41, 5.74) is 2.72. The lowest BCUT2D eigenvalue weighted by Gasteiger charge is -2.31. The summed E-state index contributed by atoms with van der Waals surface area (Å²) in [7, 11) is 0. The van der Waals surface area contributed by atoms with Crippen LogP contribution in [-0.4, -0.2) is 15.9 Å². The van der Waals surface area contributed by atoms with Gasteiger partial charge in [0.05, 0.1) is 10.5 Å². The Kier molecular flexibility index (Phi) is 5.52. The van der Waals surface area contributed by atoms with Gasteiger partial charge in [0.2, 0.25) is 0 Å². The number of alkyl halides is 1. The number of allylic oxidation sites excluding steroid dienone is 2. The van der Waals surface area contributed by atoms with Crippen molar-refractivity contribution in [3.05, 3.63) is 96.1 Å². The zero-order valence-corrected chi connectivity index (χ0v) is 17.5. The Hall–Kier alpha value is -2.70. The normalized spacial score (nSPS) is 21.0. The maximum Gasteiger partial charge on any atom is 0.294 e. The van der Waals surface area contributed by atoms with Crippen LogP contribution in [0.1, 0.15) is 23.6 Å². The van der Waals surface area contributed by atoms with Crippen LogP contribution in [0.4, 0.5) is 5.69 Å². The van der Waals surface area contributed by atoms with E-state index in [4.69, 9.17) is 23.2 Å². The first-order valence-electron chi connectivity index (χ1n) is 8.82. The second-order valence-corrected chi connectivity index (χ2v) is 8.03. The molecule has 0 saturated heterocycles. The van der Waals surface area contributed by atoms with Gasteiger partial charge in [-0.3, -0.25) is 20.2 Å². The van der Waals surface area contributed by atoms with Crippen LogP contribution in [0, 0.1) is 34.1 Å². The molecule has 3 rings (SSSR count). The molecule has 2 aromatic carbocycles. The van der Waals surface area contributed by atoms with Crippen molar-refractivity contribution in [2.75, 3.05) is 0 Å². The molecule has 0 N–H and O–H groups in total. The number of nitro benzene ring substituents is 1. The standard InChI is InChI=1S/C21H18Cl2N2O4/c1-12-9-10-21(23,16(11-12)24(26)27)18-14(3)13(2)17(15-7-5-4-6-8-15)19(22)20(18)25(28)29/h4-11,16H,1-3H3. The molecule has 0 aliphatic heterocycles. The lowest BCUT2D eigenvalue weighted by atomic mass is 9.79. The minimum absolute atomic E-state index is 0.0491. The van der Waals surface area contributed by atoms with Crippen LogP contribution in [0.5, 0.6) is 0 Å². The van der Waals surface area contributed by atoms with Crippen molar-refractivity contribution < 1.29 is 9.85 Å². The van der Waals surface area contributed by atoms with Crippen LogP contribution < -0.4 is 0 Å². The van der Waals surface area contributed by atoms with Crippen LogP contribution in [-0.2, 0) is 4.87 Å². The van der Waals surface area contributed by atoms with Gasteiger partial charge in [0.1, 0.15) is 5.02 Å². The lowest BCUT2D eigenvalue weighted by Crippen LogP contribution is -2.40. The van der Waals surface area contributed by atoms with E-state index in [1.54, 1.807) is 39.0 Å². The molecule has 0 bridgehead atoms. The van der Waals surface area contributed by atoms with Gasteiger partial charge in [-0.1, -0.05) is 54.1 Å². The summed E-state index contributed by atoms with van der Waals surface area (Å²) in [4.78, 5) is 21.0. The maximum absolute atomic E-state index is 12.1. The predicted octanol–water partition coefficient (Wildman–Crippen LogP) is 6.13. The fourth-order valence-corrected chi connectivity index (χ4v) is 4.61. The van der Waals surface area contributed by atoms with E-state index in [2.05, 4.69) is 0 Å². The zero-order chi connectivity index (χ0) is 21.5. The summed E-state index contributed by atoms with van der Waals surface area (Å²) in [6, 6.07) is 7.69. The topological polar surface area (TPSA) is 86.3 Å². The third-order valence-electron chi connectivity index (χ3n) is 5.27. The van der Waals surface area contributed by atoms with E-state index in [0.717, 1.165) is 5.56 Å². The summed E-state index contributed by atoms with van der Waals surface area (Å²) >= 11 is 13.3. The van der Waals surface area contributed by atoms with Crippen LogP contribution >= 0.6 is 23.2 Å². The smallest absolute Gasteiger partial charge is 0.264 e. The van der Waals surface area contributed by atoms with Gasteiger partial charge >= 0.3 is 0 Å². The van der Waals surface area contributed by atoms with Crippen molar-refractivity contribution in [1.82, 2.24) is 0 Å². The molecule has 0 spiro atoms. The van der Waals surface area contributed by atoms with Crippen molar-refractivity contribution in [3.63, 3.8) is 0 Å². The van der Waals surface area contributed by atoms with Crippen molar-refractivity contribution in [1.29, 1.82) is 0 Å². The Bertz CT molecular complexity index is 1080. The molecule has 2 aromatic rings. The first kappa shape index (κ1) is 21.0. The van der Waals surface area contributed by atoms with E-state index in [-0.39, 0.29) is 10.6 Å². The summed E-state index contributed by atoms with van der Waals surface area (Å²) in [5, 5.41) is 23.8. The molecule has 8 heteroatoms. The molecule has 2 atom stereocenters. The van der Waals surface area contributed by atoms with Crippen LogP contribution in [0.25, 0.3) is 11.1 Å². The molecule has 1 aliphatic carbocycles. The Morgan fingerprint density at radius 3 is 2.21 bits per heavy atom. The summed E-state index contributed by atoms with van der Waals surface area (Å²) in [6.07, 6.45) is 4.49. The maximum atomic E-state index is 12.1. The minimum atomic E-state index is -1.74. The number of halogens is 2. The van der Waals surface area contributed by atoms with Gasteiger partial charge in [-0.25, -0.2) is 0 Å². The van der Waals surface area contributed by atoms with E-state index in [0.29, 0.717) is 22.3 Å². The van der Waals surface area contributed by atoms with E-state index < -0.39 is 26.5 Å². The van der Waals surface area contributed by atoms with Crippen LogP contribution in [0.3, 0.4) is 0 Å². The fourth-order valence-electron chi connectivity index (χ4n) is 3.76. The molecule has 0 saturated carbocycles. The van der Waals surface area contributed by atoms with Gasteiger partial charge in [0, 0.05) is 10.5 Å². The number of hydrogen-bond acceptors (Lipinski definition) is 4. The molecule has 0 aromatic heterocycles. The highest BCUT2D eigenvalue weighted by Crippen LogP contribution is 2.51. The summed E-state index contributed by atoms with van der Waals surface area (Å²) in [6.45, 7) is 5.17. The average Bonchev–Trinajstić information content (AvgIpc) is 2.67. The molecular weight excluding hydrogens is 415 g/mol. The molecule has 0 amide bonds. The molecule has 1 aliphatic rings. The third-order valence-corrected chi connectivity index (χ3v) is 6.18. The Labute approximate surface area is 177 Å². The molecule has 2 unspecified atom stereocenters. The first-order valence-corrected chi connectivity index (χ1v) is 9.58. The van der Waals surface area contributed by atoms with Gasteiger partial charge < -0.3 is 0 Å². The SMILES string of the molecule is CC1=CC([N+](=O)[O-])C(Cl)(c2c(C)c(C)c(-c3ccccc3)c(Cl)c2[N+](=O)[O-])C=C1. The first-order chi connectivity index (χ1) is 13.6. The Morgan fingerprint density at radius 2 is 1.66 bits per heavy atom. The summed E-state index contributed by atoms with van der Waals surface area (Å²) < 4.78 is 0. The van der Waals surface area contributed by atoms with Gasteiger partial charge in [-0.15, -0.1) is 11.6 Å². The summed E-state index contributed by atoms with van der Waals surface area (Å²) in [5.74, 6) is 0. The molecule has 6 nitrogen and oxygen atoms in total. The number of nitrogens with zero attached hydrogens (tertiary/aromatic N) is 2. The molecule has 150 valence electrons. The van der Waals surface area contributed by atoms with Crippen molar-refractivity contribution in [3.8, 4) is 11.1 Å². The molecule has 29 heavy (non-hydrogen) atoms. The predicted molar refractivity (Wildman–Crippen MR) is 114 cm³/mol. The minimum Gasteiger partial charge on any atom is -0.264 e.